The van der Waals surface area contributed by atoms with Crippen LogP contribution in [0.25, 0.3) is 11.0 Å². The second-order valence-electron chi connectivity index (χ2n) is 13.6. The molecule has 1 aliphatic carbocycles. The van der Waals surface area contributed by atoms with E-state index in [1.165, 1.54) is 57.9 Å². The maximum absolute atomic E-state index is 11.8. The summed E-state index contributed by atoms with van der Waals surface area (Å²) in [5.41, 5.74) is 2.07. The Bertz CT molecular complexity index is 1330. The van der Waals surface area contributed by atoms with Crippen LogP contribution < -0.4 is 10.2 Å². The first-order valence-electron chi connectivity index (χ1n) is 17.7. The van der Waals surface area contributed by atoms with Crippen molar-refractivity contribution in [3.05, 3.63) is 36.3 Å². The summed E-state index contributed by atoms with van der Waals surface area (Å²) in [5, 5.41) is 13.6. The summed E-state index contributed by atoms with van der Waals surface area (Å²) in [6.07, 6.45) is 21.4. The molecule has 254 valence electrons. The first-order chi connectivity index (χ1) is 22.3. The molecule has 0 radical (unpaired) electrons. The standard InChI is InChI=1S/C24H31N7O2.C12H27N/c1-29(2)17-9-11-30(12-10-17)19-7-8-21(25-15-19)27-24-26-14-16-13-20(23(32)33)31(22(16)28-24)18-5-3-4-6-18;1-4-5-6-7-8-9-10-11-12-13(2)3/h7-8,13-15,17-18H,3-6,9-12H2,1-2H3,(H,32,33)(H,25,26,27,28);4-12H2,1-3H3. The van der Waals surface area contributed by atoms with E-state index < -0.39 is 5.97 Å². The Balaban J connectivity index is 0.000000315. The Hall–Kier alpha value is -3.24. The third kappa shape index (κ3) is 10.4. The minimum absolute atomic E-state index is 0.172. The Morgan fingerprint density at radius 1 is 0.913 bits per heavy atom. The highest BCUT2D eigenvalue weighted by atomic mass is 16.4. The van der Waals surface area contributed by atoms with Crippen LogP contribution in [0.2, 0.25) is 0 Å². The zero-order valence-corrected chi connectivity index (χ0v) is 29.0. The number of anilines is 3. The van der Waals surface area contributed by atoms with E-state index in [2.05, 4.69) is 76.1 Å². The molecule has 0 amide bonds. The highest BCUT2D eigenvalue weighted by Crippen LogP contribution is 2.34. The fourth-order valence-electron chi connectivity index (χ4n) is 6.73. The van der Waals surface area contributed by atoms with E-state index >= 15 is 0 Å². The lowest BCUT2D eigenvalue weighted by Crippen LogP contribution is -2.42. The first-order valence-corrected chi connectivity index (χ1v) is 17.7. The molecule has 2 N–H and O–H groups in total. The summed E-state index contributed by atoms with van der Waals surface area (Å²) in [6, 6.07) is 6.51. The molecule has 3 aromatic rings. The molecule has 3 aromatic heterocycles. The summed E-state index contributed by atoms with van der Waals surface area (Å²) < 4.78 is 1.88. The molecule has 2 aliphatic rings. The Labute approximate surface area is 276 Å². The van der Waals surface area contributed by atoms with E-state index in [9.17, 15) is 9.90 Å². The molecule has 10 heteroatoms. The molecule has 0 aromatic carbocycles. The van der Waals surface area contributed by atoms with Gasteiger partial charge in [-0.1, -0.05) is 64.7 Å². The Morgan fingerprint density at radius 2 is 1.59 bits per heavy atom. The predicted molar refractivity (Wildman–Crippen MR) is 190 cm³/mol. The molecule has 5 rings (SSSR count). The monoisotopic (exact) mass is 634 g/mol. The van der Waals surface area contributed by atoms with Gasteiger partial charge in [0, 0.05) is 36.8 Å². The number of nitrogens with one attached hydrogen (secondary N) is 1. The second kappa shape index (κ2) is 18.2. The largest absolute Gasteiger partial charge is 0.477 e. The summed E-state index contributed by atoms with van der Waals surface area (Å²) in [7, 11) is 8.60. The van der Waals surface area contributed by atoms with Crippen molar-refractivity contribution in [2.24, 2.45) is 0 Å². The van der Waals surface area contributed by atoms with E-state index in [-0.39, 0.29) is 11.7 Å². The van der Waals surface area contributed by atoms with Crippen molar-refractivity contribution in [2.75, 3.05) is 58.0 Å². The van der Waals surface area contributed by atoms with E-state index in [4.69, 9.17) is 0 Å². The average Bonchev–Trinajstić information content (AvgIpc) is 3.71. The molecule has 0 spiro atoms. The lowest BCUT2D eigenvalue weighted by atomic mass is 10.0. The predicted octanol–water partition coefficient (Wildman–Crippen LogP) is 7.60. The van der Waals surface area contributed by atoms with Gasteiger partial charge in [0.1, 0.15) is 17.2 Å². The lowest BCUT2D eigenvalue weighted by molar-refractivity contribution is 0.0683. The van der Waals surface area contributed by atoms with E-state index in [1.807, 2.05) is 16.8 Å². The summed E-state index contributed by atoms with van der Waals surface area (Å²) >= 11 is 0. The molecular weight excluding hydrogens is 576 g/mol. The highest BCUT2D eigenvalue weighted by Gasteiger charge is 2.26. The van der Waals surface area contributed by atoms with Crippen LogP contribution in [-0.4, -0.2) is 94.3 Å². The fourth-order valence-corrected chi connectivity index (χ4v) is 6.73. The molecule has 0 bridgehead atoms. The van der Waals surface area contributed by atoms with Gasteiger partial charge in [-0.15, -0.1) is 0 Å². The molecule has 46 heavy (non-hydrogen) atoms. The van der Waals surface area contributed by atoms with Gasteiger partial charge in [-0.05, 0) is 85.0 Å². The van der Waals surface area contributed by atoms with Gasteiger partial charge in [0.2, 0.25) is 5.95 Å². The number of pyridine rings is 1. The third-order valence-electron chi connectivity index (χ3n) is 9.49. The number of carboxylic acid groups (broad SMARTS) is 1. The normalized spacial score (nSPS) is 15.9. The number of carboxylic acids is 1. The van der Waals surface area contributed by atoms with Crippen molar-refractivity contribution in [3.8, 4) is 0 Å². The second-order valence-corrected chi connectivity index (χ2v) is 13.6. The molecule has 0 atom stereocenters. The van der Waals surface area contributed by atoms with Gasteiger partial charge in [0.15, 0.2) is 0 Å². The molecule has 10 nitrogen and oxygen atoms in total. The minimum Gasteiger partial charge on any atom is -0.477 e. The summed E-state index contributed by atoms with van der Waals surface area (Å²) in [5.74, 6) is 0.156. The molecule has 1 saturated carbocycles. The topological polar surface area (TPSA) is 103 Å². The summed E-state index contributed by atoms with van der Waals surface area (Å²) in [4.78, 5) is 32.4. The average molecular weight is 635 g/mol. The quantitative estimate of drug-likeness (QED) is 0.164. The number of aromatic carboxylic acids is 1. The van der Waals surface area contributed by atoms with Crippen LogP contribution in [0, 0.1) is 0 Å². The van der Waals surface area contributed by atoms with Crippen LogP contribution in [0.1, 0.15) is 113 Å². The van der Waals surface area contributed by atoms with Gasteiger partial charge in [-0.2, -0.15) is 4.98 Å². The van der Waals surface area contributed by atoms with Gasteiger partial charge < -0.3 is 29.7 Å². The summed E-state index contributed by atoms with van der Waals surface area (Å²) in [6.45, 7) is 5.59. The van der Waals surface area contributed by atoms with E-state index in [0.29, 0.717) is 23.5 Å². The molecule has 0 unspecified atom stereocenters. The Kier molecular flexibility index (Phi) is 14.1. The van der Waals surface area contributed by atoms with Crippen LogP contribution >= 0.6 is 0 Å². The number of hydrogen-bond donors (Lipinski definition) is 2. The lowest BCUT2D eigenvalue weighted by Gasteiger charge is -2.36. The Morgan fingerprint density at radius 3 is 2.17 bits per heavy atom. The van der Waals surface area contributed by atoms with Gasteiger partial charge in [-0.3, -0.25) is 0 Å². The van der Waals surface area contributed by atoms with Crippen molar-refractivity contribution in [1.82, 2.24) is 29.3 Å². The number of nitrogens with zero attached hydrogens (tertiary/aromatic N) is 7. The van der Waals surface area contributed by atoms with Gasteiger partial charge in [0.05, 0.1) is 11.9 Å². The third-order valence-corrected chi connectivity index (χ3v) is 9.49. The fraction of sp³-hybridized carbons (Fsp3) is 0.667. The van der Waals surface area contributed by atoms with Crippen LogP contribution in [0.15, 0.2) is 30.6 Å². The molecular formula is C36H58N8O2. The SMILES string of the molecule is CCCCCCCCCCN(C)C.CN(C)C1CCN(c2ccc(Nc3ncc4cc(C(=O)O)n(C5CCCC5)c4n3)nc2)CC1. The van der Waals surface area contributed by atoms with Crippen molar-refractivity contribution < 1.29 is 9.90 Å². The van der Waals surface area contributed by atoms with E-state index in [0.717, 1.165) is 62.7 Å². The zero-order chi connectivity index (χ0) is 32.9. The number of rotatable bonds is 15. The number of hydrogen-bond acceptors (Lipinski definition) is 8. The van der Waals surface area contributed by atoms with Crippen LogP contribution in [0.3, 0.4) is 0 Å². The molecule has 1 saturated heterocycles. The van der Waals surface area contributed by atoms with Crippen LogP contribution in [0.5, 0.6) is 0 Å². The zero-order valence-electron chi connectivity index (χ0n) is 29.0. The van der Waals surface area contributed by atoms with Gasteiger partial charge >= 0.3 is 5.97 Å². The first kappa shape index (κ1) is 35.6. The van der Waals surface area contributed by atoms with E-state index in [1.54, 1.807) is 12.3 Å². The maximum atomic E-state index is 11.8. The van der Waals surface area contributed by atoms with Crippen molar-refractivity contribution in [2.45, 2.75) is 109 Å². The molecule has 4 heterocycles. The smallest absolute Gasteiger partial charge is 0.352 e. The highest BCUT2D eigenvalue weighted by molar-refractivity contribution is 5.93. The van der Waals surface area contributed by atoms with Crippen molar-refractivity contribution in [3.63, 3.8) is 0 Å². The number of carbonyl (C=O) groups is 1. The number of unbranched alkanes of at least 4 members (excludes halogenated alkanes) is 7. The van der Waals surface area contributed by atoms with Gasteiger partial charge in [0.25, 0.3) is 0 Å². The maximum Gasteiger partial charge on any atom is 0.352 e. The molecule has 2 fully saturated rings. The van der Waals surface area contributed by atoms with Crippen LogP contribution in [0.4, 0.5) is 17.5 Å². The number of piperidine rings is 1. The number of aromatic nitrogens is 4. The van der Waals surface area contributed by atoms with Crippen LogP contribution in [-0.2, 0) is 0 Å². The minimum atomic E-state index is -0.929. The van der Waals surface area contributed by atoms with Gasteiger partial charge in [-0.25, -0.2) is 14.8 Å². The molecule has 1 aliphatic heterocycles. The van der Waals surface area contributed by atoms with Crippen molar-refractivity contribution >= 4 is 34.5 Å². The number of fused-ring (bicyclic) bond motifs is 1. The van der Waals surface area contributed by atoms with Crippen molar-refractivity contribution in [1.29, 1.82) is 0 Å².